The van der Waals surface area contributed by atoms with Crippen molar-refractivity contribution in [1.82, 2.24) is 0 Å². The molecule has 0 unspecified atom stereocenters. The molecule has 4 heteroatoms. The Kier molecular flexibility index (Phi) is 4.03. The molecule has 0 fully saturated rings. The summed E-state index contributed by atoms with van der Waals surface area (Å²) in [7, 11) is 0. The van der Waals surface area contributed by atoms with Gasteiger partial charge in [-0.1, -0.05) is 36.4 Å². The monoisotopic (exact) mass is 258 g/mol. The van der Waals surface area contributed by atoms with Gasteiger partial charge in [-0.3, -0.25) is 0 Å². The third-order valence-corrected chi connectivity index (χ3v) is 2.54. The molecule has 0 radical (unpaired) electrons. The largest absolute Gasteiger partial charge is 0.513 e. The van der Waals surface area contributed by atoms with Gasteiger partial charge in [0, 0.05) is 11.1 Å². The standard InChI is InChI=1S/C15H14O4/c1-2-18-15(17)19-14-10-6-4-8-12(14)11-7-3-5-9-13(11)16/h3-10,16H,2H2,1H3. The maximum Gasteiger partial charge on any atom is 0.513 e. The van der Waals surface area contributed by atoms with E-state index in [1.165, 1.54) is 0 Å². The van der Waals surface area contributed by atoms with Gasteiger partial charge in [0.1, 0.15) is 11.5 Å². The van der Waals surface area contributed by atoms with E-state index in [1.807, 2.05) is 0 Å². The van der Waals surface area contributed by atoms with Crippen LogP contribution in [0.3, 0.4) is 0 Å². The molecule has 19 heavy (non-hydrogen) atoms. The number of hydrogen-bond acceptors (Lipinski definition) is 4. The minimum absolute atomic E-state index is 0.127. The van der Waals surface area contributed by atoms with Gasteiger partial charge in [-0.15, -0.1) is 0 Å². The second-order valence-electron chi connectivity index (χ2n) is 3.80. The van der Waals surface area contributed by atoms with Gasteiger partial charge in [-0.05, 0) is 19.1 Å². The van der Waals surface area contributed by atoms with Crippen molar-refractivity contribution in [1.29, 1.82) is 0 Å². The summed E-state index contributed by atoms with van der Waals surface area (Å²) in [5.41, 5.74) is 1.23. The number of ether oxygens (including phenoxy) is 2. The molecule has 0 saturated heterocycles. The van der Waals surface area contributed by atoms with Crippen molar-refractivity contribution in [3.8, 4) is 22.6 Å². The van der Waals surface area contributed by atoms with Crippen molar-refractivity contribution in [2.24, 2.45) is 0 Å². The third kappa shape index (κ3) is 3.04. The third-order valence-electron chi connectivity index (χ3n) is 2.54. The minimum atomic E-state index is -0.759. The molecule has 2 aromatic rings. The molecule has 2 rings (SSSR count). The molecule has 0 aliphatic rings. The van der Waals surface area contributed by atoms with Crippen molar-refractivity contribution in [2.75, 3.05) is 6.61 Å². The lowest BCUT2D eigenvalue weighted by Gasteiger charge is -2.10. The van der Waals surface area contributed by atoms with E-state index < -0.39 is 6.16 Å². The van der Waals surface area contributed by atoms with E-state index in [0.717, 1.165) is 0 Å². The molecule has 4 nitrogen and oxygen atoms in total. The summed E-state index contributed by atoms with van der Waals surface area (Å²) in [6.07, 6.45) is -0.759. The number of aromatic hydroxyl groups is 1. The highest BCUT2D eigenvalue weighted by molar-refractivity contribution is 5.78. The number of phenolic OH excluding ortho intramolecular Hbond substituents is 1. The minimum Gasteiger partial charge on any atom is -0.507 e. The van der Waals surface area contributed by atoms with Gasteiger partial charge in [0.2, 0.25) is 0 Å². The van der Waals surface area contributed by atoms with Gasteiger partial charge in [0.15, 0.2) is 0 Å². The molecule has 0 aliphatic heterocycles. The van der Waals surface area contributed by atoms with Gasteiger partial charge >= 0.3 is 6.16 Å². The van der Waals surface area contributed by atoms with Crippen LogP contribution in [0.4, 0.5) is 4.79 Å². The summed E-state index contributed by atoms with van der Waals surface area (Å²) in [5, 5.41) is 9.85. The van der Waals surface area contributed by atoms with Crippen LogP contribution in [-0.4, -0.2) is 17.9 Å². The molecule has 0 amide bonds. The van der Waals surface area contributed by atoms with Crippen LogP contribution in [0, 0.1) is 0 Å². The van der Waals surface area contributed by atoms with E-state index in [-0.39, 0.29) is 12.4 Å². The second-order valence-corrected chi connectivity index (χ2v) is 3.80. The Bertz CT molecular complexity index is 578. The van der Waals surface area contributed by atoms with Gasteiger partial charge in [0.25, 0.3) is 0 Å². The van der Waals surface area contributed by atoms with Crippen LogP contribution in [0.2, 0.25) is 0 Å². The molecule has 0 bridgehead atoms. The Morgan fingerprint density at radius 1 is 1.05 bits per heavy atom. The highest BCUT2D eigenvalue weighted by atomic mass is 16.7. The molecule has 0 spiro atoms. The smallest absolute Gasteiger partial charge is 0.507 e. The maximum absolute atomic E-state index is 11.4. The Morgan fingerprint density at radius 2 is 1.68 bits per heavy atom. The van der Waals surface area contributed by atoms with Crippen LogP contribution < -0.4 is 4.74 Å². The zero-order chi connectivity index (χ0) is 13.7. The Hall–Kier alpha value is -2.49. The predicted octanol–water partition coefficient (Wildman–Crippen LogP) is 3.59. The Balaban J connectivity index is 2.37. The summed E-state index contributed by atoms with van der Waals surface area (Å²) < 4.78 is 9.87. The molecular formula is C15H14O4. The van der Waals surface area contributed by atoms with E-state index in [2.05, 4.69) is 0 Å². The van der Waals surface area contributed by atoms with Crippen molar-refractivity contribution in [3.63, 3.8) is 0 Å². The SMILES string of the molecule is CCOC(=O)Oc1ccccc1-c1ccccc1O. The number of carbonyl (C=O) groups excluding carboxylic acids is 1. The first-order valence-electron chi connectivity index (χ1n) is 5.94. The first kappa shape index (κ1) is 13.0. The fourth-order valence-electron chi connectivity index (χ4n) is 1.72. The Morgan fingerprint density at radius 3 is 2.37 bits per heavy atom. The fourth-order valence-corrected chi connectivity index (χ4v) is 1.72. The first-order chi connectivity index (χ1) is 9.22. The number of hydrogen-bond donors (Lipinski definition) is 1. The normalized spacial score (nSPS) is 9.95. The Labute approximate surface area is 111 Å². The van der Waals surface area contributed by atoms with Crippen LogP contribution in [-0.2, 0) is 4.74 Å². The molecule has 0 heterocycles. The molecule has 0 aromatic heterocycles. The maximum atomic E-state index is 11.4. The molecule has 0 atom stereocenters. The van der Waals surface area contributed by atoms with Crippen molar-refractivity contribution in [3.05, 3.63) is 48.5 Å². The highest BCUT2D eigenvalue weighted by Crippen LogP contribution is 2.35. The van der Waals surface area contributed by atoms with E-state index in [4.69, 9.17) is 9.47 Å². The average Bonchev–Trinajstić information content (AvgIpc) is 2.40. The zero-order valence-electron chi connectivity index (χ0n) is 10.5. The number of rotatable bonds is 3. The summed E-state index contributed by atoms with van der Waals surface area (Å²) >= 11 is 0. The number of phenols is 1. The van der Waals surface area contributed by atoms with Crippen molar-refractivity contribution in [2.45, 2.75) is 6.92 Å². The summed E-state index contributed by atoms with van der Waals surface area (Å²) in [6, 6.07) is 13.8. The molecule has 0 saturated carbocycles. The van der Waals surface area contributed by atoms with E-state index in [1.54, 1.807) is 55.5 Å². The van der Waals surface area contributed by atoms with Crippen LogP contribution in [0.25, 0.3) is 11.1 Å². The van der Waals surface area contributed by atoms with Crippen LogP contribution in [0.15, 0.2) is 48.5 Å². The average molecular weight is 258 g/mol. The first-order valence-corrected chi connectivity index (χ1v) is 5.94. The molecule has 98 valence electrons. The highest BCUT2D eigenvalue weighted by Gasteiger charge is 2.13. The predicted molar refractivity (Wildman–Crippen MR) is 71.2 cm³/mol. The van der Waals surface area contributed by atoms with E-state index in [9.17, 15) is 9.90 Å². The van der Waals surface area contributed by atoms with E-state index >= 15 is 0 Å². The van der Waals surface area contributed by atoms with Gasteiger partial charge in [-0.25, -0.2) is 4.79 Å². The van der Waals surface area contributed by atoms with Gasteiger partial charge < -0.3 is 14.6 Å². The lowest BCUT2D eigenvalue weighted by Crippen LogP contribution is -2.10. The summed E-state index contributed by atoms with van der Waals surface area (Å²) in [5.74, 6) is 0.477. The van der Waals surface area contributed by atoms with Crippen molar-refractivity contribution >= 4 is 6.16 Å². The van der Waals surface area contributed by atoms with E-state index in [0.29, 0.717) is 16.9 Å². The summed E-state index contributed by atoms with van der Waals surface area (Å²) in [4.78, 5) is 11.4. The number of para-hydroxylation sites is 2. The number of benzene rings is 2. The summed E-state index contributed by atoms with van der Waals surface area (Å²) in [6.45, 7) is 1.95. The zero-order valence-corrected chi connectivity index (χ0v) is 10.5. The van der Waals surface area contributed by atoms with Crippen LogP contribution in [0.1, 0.15) is 6.92 Å². The lowest BCUT2D eigenvalue weighted by molar-refractivity contribution is 0.104. The molecule has 0 aliphatic carbocycles. The van der Waals surface area contributed by atoms with Crippen LogP contribution in [0.5, 0.6) is 11.5 Å². The van der Waals surface area contributed by atoms with Crippen molar-refractivity contribution < 1.29 is 19.4 Å². The lowest BCUT2D eigenvalue weighted by atomic mass is 10.0. The fraction of sp³-hybridized carbons (Fsp3) is 0.133. The van der Waals surface area contributed by atoms with Gasteiger partial charge in [0.05, 0.1) is 6.61 Å². The van der Waals surface area contributed by atoms with Gasteiger partial charge in [-0.2, -0.15) is 0 Å². The quantitative estimate of drug-likeness (QED) is 0.675. The second kappa shape index (κ2) is 5.91. The topological polar surface area (TPSA) is 55.8 Å². The molecule has 1 N–H and O–H groups in total. The molecular weight excluding hydrogens is 244 g/mol. The number of carbonyl (C=O) groups is 1. The van der Waals surface area contributed by atoms with Crippen LogP contribution >= 0.6 is 0 Å². The molecule has 2 aromatic carbocycles.